The molecule has 4 aromatic heterocycles. The number of fused-ring (bicyclic) bond motifs is 1. The van der Waals surface area contributed by atoms with Crippen LogP contribution in [-0.2, 0) is 0 Å². The maximum absolute atomic E-state index is 13.8. The SMILES string of the molecule is Cc1cc(-c2cc(C(=O)N3CCCN(c4nccs4)CC3)c3cnn(C(C)C)c3n2)c(C)s1. The second kappa shape index (κ2) is 8.87. The Hall–Kier alpha value is -2.78. The van der Waals surface area contributed by atoms with Gasteiger partial charge in [0.15, 0.2) is 10.8 Å². The fourth-order valence-corrected chi connectivity index (χ4v) is 6.08. The highest BCUT2D eigenvalue weighted by atomic mass is 32.1. The predicted octanol–water partition coefficient (Wildman–Crippen LogP) is 5.17. The molecule has 33 heavy (non-hydrogen) atoms. The van der Waals surface area contributed by atoms with E-state index >= 15 is 0 Å². The van der Waals surface area contributed by atoms with Crippen LogP contribution in [0.4, 0.5) is 5.13 Å². The standard InChI is InChI=1S/C24H28N6OS2/c1-15(2)30-22-20(14-26-30)19(13-21(27-22)18-12-16(3)33-17(18)4)23(31)28-7-5-8-29(10-9-28)24-25-6-11-32-24/h6,11-15H,5,7-10H2,1-4H3. The van der Waals surface area contributed by atoms with Gasteiger partial charge in [0.1, 0.15) is 0 Å². The largest absolute Gasteiger partial charge is 0.346 e. The monoisotopic (exact) mass is 480 g/mol. The van der Waals surface area contributed by atoms with E-state index in [1.54, 1.807) is 28.9 Å². The molecule has 7 nitrogen and oxygen atoms in total. The van der Waals surface area contributed by atoms with Gasteiger partial charge >= 0.3 is 0 Å². The van der Waals surface area contributed by atoms with Gasteiger partial charge in [-0.15, -0.1) is 22.7 Å². The van der Waals surface area contributed by atoms with Crippen molar-refractivity contribution >= 4 is 44.7 Å². The number of amides is 1. The highest BCUT2D eigenvalue weighted by Gasteiger charge is 2.25. The molecule has 1 saturated heterocycles. The van der Waals surface area contributed by atoms with E-state index < -0.39 is 0 Å². The fourth-order valence-electron chi connectivity index (χ4n) is 4.45. The molecule has 1 aliphatic rings. The Bertz CT molecular complexity index is 1290. The first-order valence-electron chi connectivity index (χ1n) is 11.3. The van der Waals surface area contributed by atoms with Gasteiger partial charge < -0.3 is 9.80 Å². The molecule has 1 amide bonds. The van der Waals surface area contributed by atoms with Crippen molar-refractivity contribution in [1.82, 2.24) is 24.6 Å². The maximum atomic E-state index is 13.8. The molecule has 172 valence electrons. The van der Waals surface area contributed by atoms with Crippen LogP contribution in [0.25, 0.3) is 22.3 Å². The number of hydrogen-bond donors (Lipinski definition) is 0. The summed E-state index contributed by atoms with van der Waals surface area (Å²) in [6.45, 7) is 11.5. The van der Waals surface area contributed by atoms with Gasteiger partial charge in [0, 0.05) is 59.1 Å². The van der Waals surface area contributed by atoms with Crippen LogP contribution in [0.1, 0.15) is 46.4 Å². The molecule has 0 bridgehead atoms. The molecule has 0 unspecified atom stereocenters. The van der Waals surface area contributed by atoms with Gasteiger partial charge in [-0.3, -0.25) is 4.79 Å². The lowest BCUT2D eigenvalue weighted by Crippen LogP contribution is -2.35. The first-order valence-corrected chi connectivity index (χ1v) is 13.0. The lowest BCUT2D eigenvalue weighted by Gasteiger charge is -2.22. The zero-order valence-electron chi connectivity index (χ0n) is 19.4. The number of thiophene rings is 1. The molecule has 5 rings (SSSR count). The van der Waals surface area contributed by atoms with E-state index in [0.29, 0.717) is 12.1 Å². The van der Waals surface area contributed by atoms with Crippen molar-refractivity contribution in [3.05, 3.63) is 45.2 Å². The molecule has 0 aliphatic carbocycles. The Morgan fingerprint density at radius 1 is 1.12 bits per heavy atom. The molecule has 1 fully saturated rings. The average molecular weight is 481 g/mol. The minimum absolute atomic E-state index is 0.0533. The molecule has 0 spiro atoms. The van der Waals surface area contributed by atoms with Gasteiger partial charge in [0.25, 0.3) is 5.91 Å². The van der Waals surface area contributed by atoms with Gasteiger partial charge in [-0.1, -0.05) is 0 Å². The van der Waals surface area contributed by atoms with E-state index in [1.807, 2.05) is 27.2 Å². The lowest BCUT2D eigenvalue weighted by atomic mass is 10.1. The first kappa shape index (κ1) is 22.0. The van der Waals surface area contributed by atoms with Crippen molar-refractivity contribution in [3.8, 4) is 11.3 Å². The Morgan fingerprint density at radius 2 is 1.97 bits per heavy atom. The van der Waals surface area contributed by atoms with E-state index in [-0.39, 0.29) is 11.9 Å². The second-order valence-electron chi connectivity index (χ2n) is 8.75. The number of pyridine rings is 1. The second-order valence-corrected chi connectivity index (χ2v) is 11.1. The zero-order chi connectivity index (χ0) is 23.1. The predicted molar refractivity (Wildman–Crippen MR) is 136 cm³/mol. The maximum Gasteiger partial charge on any atom is 0.254 e. The molecule has 0 radical (unpaired) electrons. The summed E-state index contributed by atoms with van der Waals surface area (Å²) < 4.78 is 1.91. The quantitative estimate of drug-likeness (QED) is 0.403. The Kier molecular flexibility index (Phi) is 5.92. The van der Waals surface area contributed by atoms with Crippen LogP contribution >= 0.6 is 22.7 Å². The van der Waals surface area contributed by atoms with E-state index in [4.69, 9.17) is 4.98 Å². The summed E-state index contributed by atoms with van der Waals surface area (Å²) in [5.41, 5.74) is 3.39. The van der Waals surface area contributed by atoms with Crippen molar-refractivity contribution in [3.63, 3.8) is 0 Å². The van der Waals surface area contributed by atoms with E-state index in [2.05, 4.69) is 48.7 Å². The van der Waals surface area contributed by atoms with E-state index in [1.165, 1.54) is 9.75 Å². The molecule has 0 saturated carbocycles. The highest BCUT2D eigenvalue weighted by Crippen LogP contribution is 2.33. The van der Waals surface area contributed by atoms with Gasteiger partial charge in [-0.05, 0) is 46.2 Å². The zero-order valence-corrected chi connectivity index (χ0v) is 21.0. The van der Waals surface area contributed by atoms with Crippen LogP contribution in [0.15, 0.2) is 29.9 Å². The minimum atomic E-state index is 0.0533. The third-order valence-corrected chi connectivity index (χ3v) is 7.87. The Morgan fingerprint density at radius 3 is 2.67 bits per heavy atom. The number of anilines is 1. The van der Waals surface area contributed by atoms with Gasteiger partial charge in [0.2, 0.25) is 0 Å². The van der Waals surface area contributed by atoms with Crippen molar-refractivity contribution in [2.24, 2.45) is 0 Å². The van der Waals surface area contributed by atoms with Crippen molar-refractivity contribution in [2.45, 2.75) is 40.2 Å². The number of aromatic nitrogens is 4. The number of rotatable bonds is 4. The molecule has 9 heteroatoms. The number of nitrogens with zero attached hydrogens (tertiary/aromatic N) is 6. The number of hydrogen-bond acceptors (Lipinski definition) is 7. The molecular formula is C24H28N6OS2. The minimum Gasteiger partial charge on any atom is -0.346 e. The van der Waals surface area contributed by atoms with Crippen LogP contribution in [0.2, 0.25) is 0 Å². The fraction of sp³-hybridized carbons (Fsp3) is 0.417. The van der Waals surface area contributed by atoms with E-state index in [0.717, 1.165) is 53.5 Å². The molecular weight excluding hydrogens is 452 g/mol. The van der Waals surface area contributed by atoms with Crippen LogP contribution in [0, 0.1) is 13.8 Å². The van der Waals surface area contributed by atoms with Crippen LogP contribution < -0.4 is 4.90 Å². The average Bonchev–Trinajstić information content (AvgIpc) is 3.49. The summed E-state index contributed by atoms with van der Waals surface area (Å²) in [6.07, 6.45) is 4.55. The van der Waals surface area contributed by atoms with E-state index in [9.17, 15) is 4.79 Å². The summed E-state index contributed by atoms with van der Waals surface area (Å²) in [7, 11) is 0. The van der Waals surface area contributed by atoms with Crippen molar-refractivity contribution in [2.75, 3.05) is 31.1 Å². The van der Waals surface area contributed by atoms with Crippen LogP contribution in [0.3, 0.4) is 0 Å². The Labute approximate surface area is 201 Å². The summed E-state index contributed by atoms with van der Waals surface area (Å²) in [5, 5.41) is 8.43. The summed E-state index contributed by atoms with van der Waals surface area (Å²) in [6, 6.07) is 4.29. The summed E-state index contributed by atoms with van der Waals surface area (Å²) >= 11 is 3.41. The summed E-state index contributed by atoms with van der Waals surface area (Å²) in [4.78, 5) is 30.0. The van der Waals surface area contributed by atoms with Crippen LogP contribution in [0.5, 0.6) is 0 Å². The number of aryl methyl sites for hydroxylation is 2. The topological polar surface area (TPSA) is 67.2 Å². The Balaban J connectivity index is 1.53. The first-order chi connectivity index (χ1) is 15.9. The molecule has 0 atom stereocenters. The molecule has 5 heterocycles. The summed E-state index contributed by atoms with van der Waals surface area (Å²) in [5.74, 6) is 0.0533. The normalized spacial score (nSPS) is 14.9. The number of thiazole rings is 1. The van der Waals surface area contributed by atoms with Gasteiger partial charge in [0.05, 0.1) is 22.8 Å². The van der Waals surface area contributed by atoms with Crippen molar-refractivity contribution < 1.29 is 4.79 Å². The molecule has 0 N–H and O–H groups in total. The highest BCUT2D eigenvalue weighted by molar-refractivity contribution is 7.13. The molecule has 1 aliphatic heterocycles. The van der Waals surface area contributed by atoms with Crippen LogP contribution in [-0.4, -0.2) is 56.7 Å². The van der Waals surface area contributed by atoms with Gasteiger partial charge in [-0.25, -0.2) is 14.6 Å². The molecule has 4 aromatic rings. The van der Waals surface area contributed by atoms with Gasteiger partial charge in [-0.2, -0.15) is 5.10 Å². The third-order valence-electron chi connectivity index (χ3n) is 6.08. The number of carbonyl (C=O) groups is 1. The molecule has 0 aromatic carbocycles. The van der Waals surface area contributed by atoms with Crippen molar-refractivity contribution in [1.29, 1.82) is 0 Å². The number of carbonyl (C=O) groups excluding carboxylic acids is 1. The smallest absolute Gasteiger partial charge is 0.254 e. The third kappa shape index (κ3) is 4.15. The lowest BCUT2D eigenvalue weighted by molar-refractivity contribution is 0.0769.